The summed E-state index contributed by atoms with van der Waals surface area (Å²) in [6.45, 7) is 4.28. The van der Waals surface area contributed by atoms with Crippen molar-refractivity contribution in [1.29, 1.82) is 0 Å². The van der Waals surface area contributed by atoms with E-state index in [1.54, 1.807) is 0 Å². The Bertz CT molecular complexity index is 1080. The molecule has 0 fully saturated rings. The quantitative estimate of drug-likeness (QED) is 0.0361. The van der Waals surface area contributed by atoms with E-state index in [0.717, 1.165) is 38.5 Å². The van der Waals surface area contributed by atoms with Crippen LogP contribution in [0.2, 0.25) is 0 Å². The van der Waals surface area contributed by atoms with Crippen molar-refractivity contribution >= 4 is 5.91 Å². The third-order valence-corrected chi connectivity index (χ3v) is 15.8. The molecule has 5 heteroatoms. The van der Waals surface area contributed by atoms with Crippen molar-refractivity contribution in [3.63, 3.8) is 0 Å². The summed E-state index contributed by atoms with van der Waals surface area (Å²) in [6, 6.07) is -0.712. The van der Waals surface area contributed by atoms with Crippen LogP contribution >= 0.6 is 0 Å². The fourth-order valence-corrected chi connectivity index (χ4v) is 10.7. The molecule has 1 amide bonds. The third-order valence-electron chi connectivity index (χ3n) is 15.8. The Labute approximate surface area is 452 Å². The van der Waals surface area contributed by atoms with Crippen LogP contribution in [0.25, 0.3) is 0 Å². The molecule has 5 nitrogen and oxygen atoms in total. The van der Waals surface area contributed by atoms with E-state index in [9.17, 15) is 20.1 Å². The number of carbonyl (C=O) groups excluding carboxylic acids is 1. The van der Waals surface area contributed by atoms with Crippen LogP contribution < -0.4 is 5.32 Å². The van der Waals surface area contributed by atoms with Gasteiger partial charge in [0.25, 0.3) is 0 Å². The number of allylic oxidation sites excluding steroid dienone is 4. The van der Waals surface area contributed by atoms with E-state index >= 15 is 0 Å². The summed E-state index contributed by atoms with van der Waals surface area (Å²) < 4.78 is 0. The molecule has 0 aromatic heterocycles. The fraction of sp³-hybridized carbons (Fsp3) is 0.925. The van der Waals surface area contributed by atoms with Crippen LogP contribution in [-0.2, 0) is 4.79 Å². The average Bonchev–Trinajstić information content (AvgIpc) is 3.39. The zero-order chi connectivity index (χ0) is 52.2. The van der Waals surface area contributed by atoms with Gasteiger partial charge < -0.3 is 20.6 Å². The molecule has 0 saturated heterocycles. The summed E-state index contributed by atoms with van der Waals surface area (Å²) in [6.07, 6.45) is 81.3. The van der Waals surface area contributed by atoms with Gasteiger partial charge >= 0.3 is 0 Å². The lowest BCUT2D eigenvalue weighted by atomic mass is 10.0. The molecule has 0 spiro atoms. The van der Waals surface area contributed by atoms with Crippen molar-refractivity contribution < 1.29 is 20.1 Å². The molecule has 428 valence electrons. The van der Waals surface area contributed by atoms with Crippen molar-refractivity contribution in [3.05, 3.63) is 24.3 Å². The van der Waals surface area contributed by atoms with Gasteiger partial charge in [-0.3, -0.25) is 4.79 Å². The highest BCUT2D eigenvalue weighted by molar-refractivity contribution is 5.80. The zero-order valence-corrected chi connectivity index (χ0v) is 49.1. The van der Waals surface area contributed by atoms with Crippen molar-refractivity contribution in [2.24, 2.45) is 0 Å². The molecule has 3 unspecified atom stereocenters. The molecule has 3 atom stereocenters. The maximum Gasteiger partial charge on any atom is 0.249 e. The highest BCUT2D eigenvalue weighted by Crippen LogP contribution is 2.19. The van der Waals surface area contributed by atoms with Gasteiger partial charge in [0.15, 0.2) is 0 Å². The lowest BCUT2D eigenvalue weighted by Crippen LogP contribution is -2.49. The van der Waals surface area contributed by atoms with Crippen LogP contribution in [0.1, 0.15) is 373 Å². The Morgan fingerprint density at radius 3 is 0.833 bits per heavy atom. The molecule has 0 aromatic rings. The van der Waals surface area contributed by atoms with Crippen LogP contribution in [0.3, 0.4) is 0 Å². The predicted octanol–water partition coefficient (Wildman–Crippen LogP) is 21.2. The Morgan fingerprint density at radius 2 is 0.569 bits per heavy atom. The van der Waals surface area contributed by atoms with Gasteiger partial charge in [0, 0.05) is 0 Å². The van der Waals surface area contributed by atoms with E-state index in [-0.39, 0.29) is 6.61 Å². The molecular formula is C67H131NO4. The smallest absolute Gasteiger partial charge is 0.249 e. The van der Waals surface area contributed by atoms with Gasteiger partial charge in [-0.1, -0.05) is 353 Å². The number of nitrogens with one attached hydrogen (secondary N) is 1. The first-order chi connectivity index (χ1) is 35.6. The first-order valence-electron chi connectivity index (χ1n) is 33.1. The lowest BCUT2D eigenvalue weighted by Gasteiger charge is -2.23. The normalized spacial score (nSPS) is 13.2. The number of aliphatic hydroxyl groups is 3. The standard InChI is InChI=1S/C67H131NO4/c1-3-5-7-9-11-13-15-17-19-21-23-25-27-28-29-30-31-32-33-34-35-36-37-38-39-40-42-44-46-48-50-52-54-56-58-60-62-66(71)67(72)68-64(63-69)65(70)61-59-57-55-53-51-49-47-45-43-41-26-24-22-20-18-16-14-12-10-8-6-4-2/h29-30,32-33,64-66,69-71H,3-28,31,34-63H2,1-2H3,(H,68,72)/b30-29-,33-32-. The van der Waals surface area contributed by atoms with Gasteiger partial charge in [-0.05, 0) is 44.9 Å². The van der Waals surface area contributed by atoms with Crippen molar-refractivity contribution in [2.75, 3.05) is 6.61 Å². The largest absolute Gasteiger partial charge is 0.394 e. The third kappa shape index (κ3) is 56.6. The summed E-state index contributed by atoms with van der Waals surface area (Å²) in [5.74, 6) is -0.464. The summed E-state index contributed by atoms with van der Waals surface area (Å²) in [7, 11) is 0. The number of carbonyl (C=O) groups is 1. The monoisotopic (exact) mass is 1010 g/mol. The van der Waals surface area contributed by atoms with E-state index in [1.807, 2.05) is 0 Å². The molecule has 0 heterocycles. The maximum atomic E-state index is 12.6. The Morgan fingerprint density at radius 1 is 0.333 bits per heavy atom. The van der Waals surface area contributed by atoms with Crippen LogP contribution in [0.4, 0.5) is 0 Å². The number of hydrogen-bond donors (Lipinski definition) is 4. The molecule has 0 rings (SSSR count). The molecule has 72 heavy (non-hydrogen) atoms. The minimum absolute atomic E-state index is 0.310. The van der Waals surface area contributed by atoms with Crippen LogP contribution in [0.5, 0.6) is 0 Å². The SMILES string of the molecule is CCCCCCCCCCCCCCC/C=C\C/C=C\CCCCCCCCCCCCCCCCCCC(O)C(=O)NC(CO)C(O)CCCCCCCCCCCCCCCCCCCCCCCC. The predicted molar refractivity (Wildman–Crippen MR) is 319 cm³/mol. The number of aliphatic hydroxyl groups excluding tert-OH is 3. The molecular weight excluding hydrogens is 883 g/mol. The number of rotatable bonds is 62. The molecule has 0 saturated carbocycles. The van der Waals surface area contributed by atoms with E-state index in [4.69, 9.17) is 0 Å². The summed E-state index contributed by atoms with van der Waals surface area (Å²) in [5, 5.41) is 33.7. The first kappa shape index (κ1) is 70.8. The van der Waals surface area contributed by atoms with Gasteiger partial charge in [0.1, 0.15) is 6.10 Å². The highest BCUT2D eigenvalue weighted by Gasteiger charge is 2.23. The maximum absolute atomic E-state index is 12.6. The average molecular weight is 1010 g/mol. The number of unbranched alkanes of at least 4 members (excludes halogenated alkanes) is 50. The van der Waals surface area contributed by atoms with Gasteiger partial charge in [0.05, 0.1) is 18.8 Å². The van der Waals surface area contributed by atoms with Crippen LogP contribution in [-0.4, -0.2) is 46.1 Å². The Balaban J connectivity index is 3.47. The Kier molecular flexibility index (Phi) is 61.4. The van der Waals surface area contributed by atoms with E-state index in [1.165, 1.54) is 308 Å². The minimum Gasteiger partial charge on any atom is -0.394 e. The van der Waals surface area contributed by atoms with Crippen molar-refractivity contribution in [3.8, 4) is 0 Å². The summed E-state index contributed by atoms with van der Waals surface area (Å²) >= 11 is 0. The molecule has 0 aliphatic carbocycles. The second kappa shape index (κ2) is 62.4. The molecule has 0 bridgehead atoms. The molecule has 4 N–H and O–H groups in total. The molecule has 0 aromatic carbocycles. The second-order valence-electron chi connectivity index (χ2n) is 23.0. The van der Waals surface area contributed by atoms with Gasteiger partial charge in [-0.2, -0.15) is 0 Å². The van der Waals surface area contributed by atoms with Gasteiger partial charge in [0.2, 0.25) is 5.91 Å². The Hall–Kier alpha value is -1.17. The summed E-state index contributed by atoms with van der Waals surface area (Å²) in [4.78, 5) is 12.6. The van der Waals surface area contributed by atoms with Crippen molar-refractivity contribution in [1.82, 2.24) is 5.32 Å². The van der Waals surface area contributed by atoms with E-state index in [2.05, 4.69) is 43.5 Å². The molecule has 0 aliphatic heterocycles. The van der Waals surface area contributed by atoms with Gasteiger partial charge in [-0.25, -0.2) is 0 Å². The zero-order valence-electron chi connectivity index (χ0n) is 49.1. The fourth-order valence-electron chi connectivity index (χ4n) is 10.7. The van der Waals surface area contributed by atoms with E-state index in [0.29, 0.717) is 12.8 Å². The van der Waals surface area contributed by atoms with Crippen LogP contribution in [0.15, 0.2) is 24.3 Å². The highest BCUT2D eigenvalue weighted by atomic mass is 16.3. The number of hydrogen-bond acceptors (Lipinski definition) is 4. The number of amides is 1. The second-order valence-corrected chi connectivity index (χ2v) is 23.0. The van der Waals surface area contributed by atoms with Gasteiger partial charge in [-0.15, -0.1) is 0 Å². The summed E-state index contributed by atoms with van der Waals surface area (Å²) in [5.41, 5.74) is 0. The van der Waals surface area contributed by atoms with Crippen molar-refractivity contribution in [2.45, 2.75) is 392 Å². The minimum atomic E-state index is -1.07. The molecule has 0 aliphatic rings. The topological polar surface area (TPSA) is 89.8 Å². The first-order valence-corrected chi connectivity index (χ1v) is 33.1. The van der Waals surface area contributed by atoms with E-state index < -0.39 is 24.2 Å². The lowest BCUT2D eigenvalue weighted by molar-refractivity contribution is -0.131. The molecule has 0 radical (unpaired) electrons. The van der Waals surface area contributed by atoms with Crippen LogP contribution in [0, 0.1) is 0 Å².